The van der Waals surface area contributed by atoms with Gasteiger partial charge in [0, 0.05) is 30.2 Å². The fourth-order valence-electron chi connectivity index (χ4n) is 3.66. The molecular weight excluding hydrogens is 513 g/mol. The number of aryl methyl sites for hydroxylation is 1. The van der Waals surface area contributed by atoms with E-state index in [-0.39, 0.29) is 29.6 Å². The molecule has 0 aliphatic rings. The highest BCUT2D eigenvalue weighted by atomic mass is 35.5. The Labute approximate surface area is 216 Å². The SMILES string of the molecule is C=O.CN.Cn1cc(CC(COc2cc(C(F)(F)F)nn2-c2ccccc2Cl)C(=O)O)c2ccccc21. The number of aliphatic carboxylic acids is 1. The molecule has 0 fully saturated rings. The van der Waals surface area contributed by atoms with Crippen molar-refractivity contribution in [2.75, 3.05) is 13.7 Å². The van der Waals surface area contributed by atoms with Gasteiger partial charge in [-0.05, 0) is 37.2 Å². The van der Waals surface area contributed by atoms with Crippen LogP contribution in [0.2, 0.25) is 5.02 Å². The lowest BCUT2D eigenvalue weighted by molar-refractivity contribution is -0.143. The molecule has 3 N–H and O–H groups in total. The van der Waals surface area contributed by atoms with Crippen LogP contribution in [-0.2, 0) is 29.2 Å². The maximum absolute atomic E-state index is 13.3. The van der Waals surface area contributed by atoms with Crippen LogP contribution in [0, 0.1) is 5.92 Å². The number of rotatable bonds is 7. The van der Waals surface area contributed by atoms with Gasteiger partial charge in [-0.25, -0.2) is 0 Å². The fraction of sp³-hybridized carbons (Fsp3) is 0.240. The van der Waals surface area contributed by atoms with E-state index in [1.165, 1.54) is 19.2 Å². The Morgan fingerprint density at radius 3 is 2.41 bits per heavy atom. The van der Waals surface area contributed by atoms with Crippen molar-refractivity contribution in [2.24, 2.45) is 18.7 Å². The molecule has 2 aromatic heterocycles. The number of carboxylic acid groups (broad SMARTS) is 1. The molecule has 0 amide bonds. The predicted octanol–water partition coefficient (Wildman–Crippen LogP) is 4.75. The zero-order valence-electron chi connectivity index (χ0n) is 20.1. The molecule has 2 aromatic carbocycles. The van der Waals surface area contributed by atoms with Crippen molar-refractivity contribution in [2.45, 2.75) is 12.6 Å². The minimum atomic E-state index is -4.71. The number of benzene rings is 2. The Hall–Kier alpha value is -3.83. The number of aromatic nitrogens is 3. The Kier molecular flexibility index (Phi) is 10.3. The highest BCUT2D eigenvalue weighted by Crippen LogP contribution is 2.34. The quantitative estimate of drug-likeness (QED) is 0.351. The zero-order chi connectivity index (χ0) is 27.8. The van der Waals surface area contributed by atoms with Gasteiger partial charge in [0.1, 0.15) is 13.4 Å². The van der Waals surface area contributed by atoms with Crippen molar-refractivity contribution in [3.05, 3.63) is 77.1 Å². The van der Waals surface area contributed by atoms with Crippen LogP contribution in [0.15, 0.2) is 60.8 Å². The topological polar surface area (TPSA) is 112 Å². The molecule has 0 aliphatic heterocycles. The summed E-state index contributed by atoms with van der Waals surface area (Å²) in [6, 6.07) is 14.5. The van der Waals surface area contributed by atoms with Gasteiger partial charge in [0.05, 0.1) is 16.6 Å². The van der Waals surface area contributed by atoms with E-state index in [1.54, 1.807) is 12.1 Å². The van der Waals surface area contributed by atoms with Gasteiger partial charge in [-0.1, -0.05) is 41.9 Å². The molecule has 0 aliphatic carbocycles. The summed E-state index contributed by atoms with van der Waals surface area (Å²) in [7, 11) is 3.36. The zero-order valence-corrected chi connectivity index (χ0v) is 20.8. The van der Waals surface area contributed by atoms with Crippen LogP contribution in [0.5, 0.6) is 5.88 Å². The molecule has 2 heterocycles. The van der Waals surface area contributed by atoms with Crippen LogP contribution in [0.1, 0.15) is 11.3 Å². The number of fused-ring (bicyclic) bond motifs is 1. The minimum Gasteiger partial charge on any atom is -0.481 e. The third-order valence-electron chi connectivity index (χ3n) is 5.28. The molecule has 0 radical (unpaired) electrons. The highest BCUT2D eigenvalue weighted by molar-refractivity contribution is 6.32. The van der Waals surface area contributed by atoms with E-state index in [0.29, 0.717) is 0 Å². The van der Waals surface area contributed by atoms with Gasteiger partial charge in [-0.15, -0.1) is 0 Å². The average molecular weight is 539 g/mol. The smallest absolute Gasteiger partial charge is 0.435 e. The molecule has 8 nitrogen and oxygen atoms in total. The molecule has 1 atom stereocenters. The molecule has 0 saturated heterocycles. The maximum atomic E-state index is 13.3. The first-order chi connectivity index (χ1) is 17.6. The van der Waals surface area contributed by atoms with Crippen molar-refractivity contribution in [3.63, 3.8) is 0 Å². The van der Waals surface area contributed by atoms with Crippen molar-refractivity contribution < 1.29 is 32.6 Å². The fourth-order valence-corrected chi connectivity index (χ4v) is 3.87. The number of carboxylic acids is 1. The third kappa shape index (κ3) is 6.89. The van der Waals surface area contributed by atoms with Gasteiger partial charge in [-0.3, -0.25) is 4.79 Å². The molecule has 4 aromatic rings. The number of para-hydroxylation sites is 2. The summed E-state index contributed by atoms with van der Waals surface area (Å²) in [5.74, 6) is -2.37. The van der Waals surface area contributed by atoms with E-state index in [4.69, 9.17) is 21.1 Å². The molecular formula is C25H26ClF3N4O4. The molecule has 1 unspecified atom stereocenters. The molecule has 37 heavy (non-hydrogen) atoms. The number of carbonyl (C=O) groups is 2. The maximum Gasteiger partial charge on any atom is 0.435 e. The van der Waals surface area contributed by atoms with Crippen LogP contribution in [0.25, 0.3) is 16.6 Å². The van der Waals surface area contributed by atoms with Gasteiger partial charge < -0.3 is 24.9 Å². The van der Waals surface area contributed by atoms with E-state index in [0.717, 1.165) is 27.2 Å². The number of carbonyl (C=O) groups excluding carboxylic acids is 1. The molecule has 0 saturated carbocycles. The summed E-state index contributed by atoms with van der Waals surface area (Å²) in [6.45, 7) is 1.64. The Morgan fingerprint density at radius 2 is 1.78 bits per heavy atom. The Bertz CT molecular complexity index is 1340. The lowest BCUT2D eigenvalue weighted by Gasteiger charge is -2.15. The number of alkyl halides is 3. The third-order valence-corrected chi connectivity index (χ3v) is 5.59. The number of halogens is 4. The first-order valence-electron chi connectivity index (χ1n) is 10.8. The van der Waals surface area contributed by atoms with Crippen molar-refractivity contribution in [3.8, 4) is 11.6 Å². The first kappa shape index (κ1) is 29.4. The van der Waals surface area contributed by atoms with Crippen LogP contribution in [0.4, 0.5) is 13.2 Å². The number of ether oxygens (including phenoxy) is 1. The van der Waals surface area contributed by atoms with Crippen molar-refractivity contribution >= 4 is 35.3 Å². The highest BCUT2D eigenvalue weighted by Gasteiger charge is 2.36. The second-order valence-corrected chi connectivity index (χ2v) is 7.97. The van der Waals surface area contributed by atoms with Gasteiger partial charge in [-0.2, -0.15) is 23.0 Å². The molecule has 12 heteroatoms. The normalized spacial score (nSPS) is 11.6. The summed E-state index contributed by atoms with van der Waals surface area (Å²) in [4.78, 5) is 19.9. The molecule has 198 valence electrons. The van der Waals surface area contributed by atoms with Crippen molar-refractivity contribution in [1.29, 1.82) is 0 Å². The van der Waals surface area contributed by atoms with Crippen LogP contribution >= 0.6 is 11.6 Å². The second kappa shape index (κ2) is 12.9. The van der Waals surface area contributed by atoms with Gasteiger partial charge in [0.25, 0.3) is 0 Å². The van der Waals surface area contributed by atoms with E-state index in [2.05, 4.69) is 10.8 Å². The van der Waals surface area contributed by atoms with Gasteiger partial charge in [0.15, 0.2) is 5.69 Å². The Balaban J connectivity index is 0.00000115. The van der Waals surface area contributed by atoms with E-state index >= 15 is 0 Å². The molecule has 0 bridgehead atoms. The average Bonchev–Trinajstić information content (AvgIpc) is 3.46. The van der Waals surface area contributed by atoms with Crippen LogP contribution in [0.3, 0.4) is 0 Å². The summed E-state index contributed by atoms with van der Waals surface area (Å²) in [5.41, 5.74) is 5.27. The van der Waals surface area contributed by atoms with Crippen LogP contribution in [-0.4, -0.2) is 45.9 Å². The number of nitrogens with two attached hydrogens (primary N) is 1. The Morgan fingerprint density at radius 1 is 1.16 bits per heavy atom. The number of hydrogen-bond acceptors (Lipinski definition) is 5. The summed E-state index contributed by atoms with van der Waals surface area (Å²) in [6.07, 6.45) is -2.72. The summed E-state index contributed by atoms with van der Waals surface area (Å²) >= 11 is 6.14. The van der Waals surface area contributed by atoms with Gasteiger partial charge >= 0.3 is 12.1 Å². The number of nitrogens with zero attached hydrogens (tertiary/aromatic N) is 3. The second-order valence-electron chi connectivity index (χ2n) is 7.56. The minimum absolute atomic E-state index is 0.142. The standard InChI is InChI=1S/C23H19ClF3N3O3.CH5N.CH2O/c1-29-12-14(16-6-2-4-8-18(16)29)10-15(22(31)32)13-33-21-11-20(23(25,26)27)28-30(21)19-9-5-3-7-17(19)24;2*1-2/h2-9,11-12,15H,10,13H2,1H3,(H,31,32);2H2,1H3;1H2. The van der Waals surface area contributed by atoms with Crippen molar-refractivity contribution in [1.82, 2.24) is 14.3 Å². The molecule has 4 rings (SSSR count). The largest absolute Gasteiger partial charge is 0.481 e. The monoisotopic (exact) mass is 538 g/mol. The first-order valence-corrected chi connectivity index (χ1v) is 11.2. The lowest BCUT2D eigenvalue weighted by atomic mass is 10.00. The van der Waals surface area contributed by atoms with E-state index in [1.807, 2.05) is 48.9 Å². The summed E-state index contributed by atoms with van der Waals surface area (Å²) in [5, 5.41) is 14.4. The van der Waals surface area contributed by atoms with Gasteiger partial charge in [0.2, 0.25) is 5.88 Å². The van der Waals surface area contributed by atoms with E-state index in [9.17, 15) is 23.1 Å². The van der Waals surface area contributed by atoms with E-state index < -0.39 is 23.8 Å². The van der Waals surface area contributed by atoms with Crippen LogP contribution < -0.4 is 10.5 Å². The summed E-state index contributed by atoms with van der Waals surface area (Å²) < 4.78 is 48.3. The predicted molar refractivity (Wildman–Crippen MR) is 134 cm³/mol. The lowest BCUT2D eigenvalue weighted by Crippen LogP contribution is -2.24. The number of hydrogen-bond donors (Lipinski definition) is 2. The molecule has 0 spiro atoms.